The van der Waals surface area contributed by atoms with Gasteiger partial charge < -0.3 is 9.63 Å². The molecule has 0 amide bonds. The van der Waals surface area contributed by atoms with Crippen molar-refractivity contribution < 1.29 is 18.8 Å². The number of benzene rings is 1. The Morgan fingerprint density at radius 2 is 2.11 bits per heavy atom. The summed E-state index contributed by atoms with van der Waals surface area (Å²) >= 11 is 1.17. The number of aliphatic carboxylic acids is 1. The molecule has 0 fully saturated rings. The van der Waals surface area contributed by atoms with Crippen molar-refractivity contribution in [2.75, 3.05) is 5.75 Å². The zero-order valence-electron chi connectivity index (χ0n) is 9.17. The predicted molar refractivity (Wildman–Crippen MR) is 63.5 cm³/mol. The summed E-state index contributed by atoms with van der Waals surface area (Å²) in [6, 6.07) is 5.72. The fourth-order valence-electron chi connectivity index (χ4n) is 1.26. The van der Waals surface area contributed by atoms with Gasteiger partial charge in [0.2, 0.25) is 11.7 Å². The molecule has 18 heavy (non-hydrogen) atoms. The minimum absolute atomic E-state index is 0.0196. The third-order valence-corrected chi connectivity index (χ3v) is 2.92. The van der Waals surface area contributed by atoms with Crippen LogP contribution in [0.5, 0.6) is 0 Å². The average molecular weight is 268 g/mol. The van der Waals surface area contributed by atoms with Gasteiger partial charge >= 0.3 is 5.97 Å². The molecule has 5 nitrogen and oxygen atoms in total. The Labute approximate surface area is 106 Å². The van der Waals surface area contributed by atoms with E-state index < -0.39 is 5.97 Å². The first-order chi connectivity index (χ1) is 8.65. The fourth-order valence-corrected chi connectivity index (χ4v) is 1.82. The molecule has 0 bridgehead atoms. The van der Waals surface area contributed by atoms with Crippen LogP contribution >= 0.6 is 11.8 Å². The number of hydrogen-bond donors (Lipinski definition) is 1. The van der Waals surface area contributed by atoms with Crippen LogP contribution in [0, 0.1) is 5.82 Å². The van der Waals surface area contributed by atoms with Gasteiger partial charge in [0, 0.05) is 5.56 Å². The standard InChI is InChI=1S/C11H9FN2O3S/c12-8-3-1-7(2-4-8)11-13-9(17-14-11)5-18-6-10(15)16/h1-4H,5-6H2,(H,15,16). The van der Waals surface area contributed by atoms with Crippen molar-refractivity contribution in [1.29, 1.82) is 0 Å². The number of carboxylic acid groups (broad SMARTS) is 1. The van der Waals surface area contributed by atoms with Crippen molar-refractivity contribution in [3.8, 4) is 11.4 Å². The Hall–Kier alpha value is -1.89. The van der Waals surface area contributed by atoms with Crippen LogP contribution in [0.1, 0.15) is 5.89 Å². The average Bonchev–Trinajstić information content (AvgIpc) is 2.78. The largest absolute Gasteiger partial charge is 0.481 e. The monoisotopic (exact) mass is 268 g/mol. The van der Waals surface area contributed by atoms with E-state index in [1.165, 1.54) is 23.9 Å². The Bertz CT molecular complexity index is 541. The van der Waals surface area contributed by atoms with Gasteiger partial charge in [0.25, 0.3) is 0 Å². The van der Waals surface area contributed by atoms with E-state index in [1.807, 2.05) is 0 Å². The maximum Gasteiger partial charge on any atom is 0.313 e. The summed E-state index contributed by atoms with van der Waals surface area (Å²) in [6.07, 6.45) is 0. The molecular formula is C11H9FN2O3S. The maximum atomic E-state index is 12.7. The molecule has 0 radical (unpaired) electrons. The number of halogens is 1. The molecule has 1 heterocycles. The van der Waals surface area contributed by atoms with Crippen LogP contribution in [0.25, 0.3) is 11.4 Å². The molecule has 2 rings (SSSR count). The number of aromatic nitrogens is 2. The summed E-state index contributed by atoms with van der Waals surface area (Å²) in [5, 5.41) is 12.2. The highest BCUT2D eigenvalue weighted by atomic mass is 32.2. The number of carbonyl (C=O) groups is 1. The predicted octanol–water partition coefficient (Wildman–Crippen LogP) is 2.19. The van der Waals surface area contributed by atoms with Gasteiger partial charge in [-0.05, 0) is 24.3 Å². The molecule has 1 N–H and O–H groups in total. The van der Waals surface area contributed by atoms with Gasteiger partial charge in [-0.1, -0.05) is 5.16 Å². The van der Waals surface area contributed by atoms with Crippen LogP contribution in [-0.4, -0.2) is 27.0 Å². The number of rotatable bonds is 5. The molecule has 0 aliphatic carbocycles. The van der Waals surface area contributed by atoms with Crippen molar-refractivity contribution in [2.45, 2.75) is 5.75 Å². The summed E-state index contributed by atoms with van der Waals surface area (Å²) in [4.78, 5) is 14.4. The molecule has 2 aromatic rings. The van der Waals surface area contributed by atoms with Crippen LogP contribution in [0.4, 0.5) is 4.39 Å². The Balaban J connectivity index is 2.01. The zero-order valence-corrected chi connectivity index (χ0v) is 9.98. The molecule has 94 valence electrons. The van der Waals surface area contributed by atoms with Gasteiger partial charge in [0.05, 0.1) is 11.5 Å². The minimum Gasteiger partial charge on any atom is -0.481 e. The first kappa shape index (κ1) is 12.6. The second kappa shape index (κ2) is 5.63. The smallest absolute Gasteiger partial charge is 0.313 e. The van der Waals surface area contributed by atoms with Crippen LogP contribution in [0.2, 0.25) is 0 Å². The van der Waals surface area contributed by atoms with Crippen molar-refractivity contribution in [3.63, 3.8) is 0 Å². The normalized spacial score (nSPS) is 10.5. The van der Waals surface area contributed by atoms with Crippen molar-refractivity contribution in [2.24, 2.45) is 0 Å². The first-order valence-corrected chi connectivity index (χ1v) is 6.18. The zero-order chi connectivity index (χ0) is 13.0. The van der Waals surface area contributed by atoms with Gasteiger partial charge in [-0.3, -0.25) is 4.79 Å². The van der Waals surface area contributed by atoms with Crippen LogP contribution < -0.4 is 0 Å². The summed E-state index contributed by atoms with van der Waals surface area (Å²) in [5.41, 5.74) is 0.648. The van der Waals surface area contributed by atoms with Gasteiger partial charge in [-0.25, -0.2) is 4.39 Å². The minimum atomic E-state index is -0.890. The molecule has 1 aromatic heterocycles. The third kappa shape index (κ3) is 3.30. The van der Waals surface area contributed by atoms with Crippen LogP contribution in [-0.2, 0) is 10.5 Å². The maximum absolute atomic E-state index is 12.7. The van der Waals surface area contributed by atoms with E-state index in [9.17, 15) is 9.18 Å². The molecule has 0 aliphatic rings. The van der Waals surface area contributed by atoms with E-state index in [1.54, 1.807) is 12.1 Å². The number of carboxylic acids is 1. The molecule has 0 aliphatic heterocycles. The highest BCUT2D eigenvalue weighted by molar-refractivity contribution is 7.99. The van der Waals surface area contributed by atoms with Crippen LogP contribution in [0.3, 0.4) is 0 Å². The molecular weight excluding hydrogens is 259 g/mol. The second-order valence-corrected chi connectivity index (χ2v) is 4.39. The highest BCUT2D eigenvalue weighted by Crippen LogP contribution is 2.18. The fraction of sp³-hybridized carbons (Fsp3) is 0.182. The van der Waals surface area contributed by atoms with Crippen molar-refractivity contribution in [3.05, 3.63) is 36.0 Å². The summed E-state index contributed by atoms with van der Waals surface area (Å²) < 4.78 is 17.7. The number of hydrogen-bond acceptors (Lipinski definition) is 5. The summed E-state index contributed by atoms with van der Waals surface area (Å²) in [5.74, 6) is -0.200. The number of thioether (sulfide) groups is 1. The molecule has 0 saturated carbocycles. The van der Waals surface area contributed by atoms with Gasteiger partial charge in [0.15, 0.2) is 0 Å². The van der Waals surface area contributed by atoms with E-state index >= 15 is 0 Å². The van der Waals surface area contributed by atoms with Crippen LogP contribution in [0.15, 0.2) is 28.8 Å². The van der Waals surface area contributed by atoms with Gasteiger partial charge in [0.1, 0.15) is 5.82 Å². The lowest BCUT2D eigenvalue weighted by Gasteiger charge is -1.93. The van der Waals surface area contributed by atoms with Crippen molar-refractivity contribution in [1.82, 2.24) is 10.1 Å². The molecule has 0 unspecified atom stereocenters. The van der Waals surface area contributed by atoms with E-state index in [0.29, 0.717) is 23.0 Å². The number of nitrogens with zero attached hydrogens (tertiary/aromatic N) is 2. The van der Waals surface area contributed by atoms with Gasteiger partial charge in [-0.2, -0.15) is 4.98 Å². The molecule has 0 spiro atoms. The Morgan fingerprint density at radius 3 is 2.78 bits per heavy atom. The Kier molecular flexibility index (Phi) is 3.93. The Morgan fingerprint density at radius 1 is 1.39 bits per heavy atom. The van der Waals surface area contributed by atoms with E-state index in [2.05, 4.69) is 10.1 Å². The molecule has 1 aromatic carbocycles. The lowest BCUT2D eigenvalue weighted by atomic mass is 10.2. The van der Waals surface area contributed by atoms with E-state index in [-0.39, 0.29) is 11.6 Å². The molecule has 7 heteroatoms. The third-order valence-electron chi connectivity index (χ3n) is 2.02. The van der Waals surface area contributed by atoms with Crippen molar-refractivity contribution >= 4 is 17.7 Å². The lowest BCUT2D eigenvalue weighted by Crippen LogP contribution is -1.98. The first-order valence-electron chi connectivity index (χ1n) is 5.03. The van der Waals surface area contributed by atoms with Gasteiger partial charge in [-0.15, -0.1) is 11.8 Å². The summed E-state index contributed by atoms with van der Waals surface area (Å²) in [6.45, 7) is 0. The molecule has 0 saturated heterocycles. The summed E-state index contributed by atoms with van der Waals surface area (Å²) in [7, 11) is 0. The quantitative estimate of drug-likeness (QED) is 0.895. The molecule has 0 atom stereocenters. The lowest BCUT2D eigenvalue weighted by molar-refractivity contribution is -0.133. The highest BCUT2D eigenvalue weighted by Gasteiger charge is 2.09. The van der Waals surface area contributed by atoms with E-state index in [4.69, 9.17) is 9.63 Å². The van der Waals surface area contributed by atoms with E-state index in [0.717, 1.165) is 0 Å². The topological polar surface area (TPSA) is 76.2 Å². The second-order valence-electron chi connectivity index (χ2n) is 3.41. The SMILES string of the molecule is O=C(O)CSCc1nc(-c2ccc(F)cc2)no1.